The molecule has 0 spiro atoms. The molecule has 6 nitrogen and oxygen atoms in total. The van der Waals surface area contributed by atoms with Gasteiger partial charge in [-0.25, -0.2) is 4.79 Å². The van der Waals surface area contributed by atoms with E-state index in [2.05, 4.69) is 10.6 Å². The van der Waals surface area contributed by atoms with Crippen LogP contribution in [-0.2, 0) is 4.79 Å². The third kappa shape index (κ3) is 4.90. The number of methoxy groups -OCH3 is 1. The summed E-state index contributed by atoms with van der Waals surface area (Å²) < 4.78 is 5.18. The van der Waals surface area contributed by atoms with Gasteiger partial charge in [0.25, 0.3) is 0 Å². The number of nitrogens with one attached hydrogen (secondary N) is 2. The topological polar surface area (TPSA) is 70.7 Å². The number of hydrogen-bond acceptors (Lipinski definition) is 3. The number of carbonyl (C=O) groups is 2. The van der Waals surface area contributed by atoms with Crippen LogP contribution in [0.4, 0.5) is 10.5 Å². The first-order valence-electron chi connectivity index (χ1n) is 9.66. The Labute approximate surface area is 155 Å². The number of piperidine rings is 1. The van der Waals surface area contributed by atoms with Crippen molar-refractivity contribution in [2.24, 2.45) is 5.92 Å². The van der Waals surface area contributed by atoms with Crippen LogP contribution >= 0.6 is 0 Å². The fraction of sp³-hybridized carbons (Fsp3) is 0.600. The molecular formula is C20H29N3O3. The fourth-order valence-electron chi connectivity index (χ4n) is 3.84. The number of amides is 3. The molecule has 1 atom stereocenters. The molecule has 2 fully saturated rings. The lowest BCUT2D eigenvalue weighted by Gasteiger charge is -2.33. The number of urea groups is 1. The van der Waals surface area contributed by atoms with Crippen molar-refractivity contribution >= 4 is 17.6 Å². The van der Waals surface area contributed by atoms with E-state index in [1.54, 1.807) is 18.1 Å². The first-order chi connectivity index (χ1) is 12.7. The van der Waals surface area contributed by atoms with Crippen LogP contribution in [0.3, 0.4) is 0 Å². The molecule has 1 saturated heterocycles. The van der Waals surface area contributed by atoms with E-state index in [-0.39, 0.29) is 17.9 Å². The molecule has 0 aromatic heterocycles. The first kappa shape index (κ1) is 18.5. The Morgan fingerprint density at radius 1 is 1.12 bits per heavy atom. The number of rotatable bonds is 4. The molecule has 2 aliphatic rings. The van der Waals surface area contributed by atoms with Crippen molar-refractivity contribution in [3.8, 4) is 5.75 Å². The minimum Gasteiger partial charge on any atom is -0.497 e. The monoisotopic (exact) mass is 359 g/mol. The second-order valence-corrected chi connectivity index (χ2v) is 7.29. The van der Waals surface area contributed by atoms with Crippen molar-refractivity contribution < 1.29 is 14.3 Å². The Morgan fingerprint density at radius 3 is 2.69 bits per heavy atom. The van der Waals surface area contributed by atoms with Gasteiger partial charge in [0.2, 0.25) is 5.91 Å². The smallest absolute Gasteiger partial charge is 0.321 e. The maximum absolute atomic E-state index is 12.6. The van der Waals surface area contributed by atoms with Crippen molar-refractivity contribution in [2.45, 2.75) is 51.0 Å². The quantitative estimate of drug-likeness (QED) is 0.866. The second-order valence-electron chi connectivity index (χ2n) is 7.29. The summed E-state index contributed by atoms with van der Waals surface area (Å²) in [5.41, 5.74) is 0.697. The minimum absolute atomic E-state index is 0.107. The van der Waals surface area contributed by atoms with Crippen LogP contribution in [0.25, 0.3) is 0 Å². The van der Waals surface area contributed by atoms with Gasteiger partial charge in [-0.3, -0.25) is 4.79 Å². The largest absolute Gasteiger partial charge is 0.497 e. The Kier molecular flexibility index (Phi) is 6.36. The maximum atomic E-state index is 12.6. The average molecular weight is 359 g/mol. The van der Waals surface area contributed by atoms with Crippen molar-refractivity contribution in [3.63, 3.8) is 0 Å². The Bertz CT molecular complexity index is 628. The van der Waals surface area contributed by atoms with E-state index >= 15 is 0 Å². The summed E-state index contributed by atoms with van der Waals surface area (Å²) in [5, 5.41) is 6.10. The Hall–Kier alpha value is -2.24. The predicted molar refractivity (Wildman–Crippen MR) is 101 cm³/mol. The highest BCUT2D eigenvalue weighted by Gasteiger charge is 2.29. The number of hydrogen-bond donors (Lipinski definition) is 2. The zero-order chi connectivity index (χ0) is 18.4. The van der Waals surface area contributed by atoms with Gasteiger partial charge in [0.1, 0.15) is 5.75 Å². The van der Waals surface area contributed by atoms with E-state index in [0.29, 0.717) is 30.6 Å². The summed E-state index contributed by atoms with van der Waals surface area (Å²) in [7, 11) is 1.60. The lowest BCUT2D eigenvalue weighted by atomic mass is 9.93. The van der Waals surface area contributed by atoms with Crippen LogP contribution in [0.5, 0.6) is 5.75 Å². The molecule has 3 rings (SSSR count). The molecule has 1 saturated carbocycles. The van der Waals surface area contributed by atoms with Gasteiger partial charge < -0.3 is 20.3 Å². The first-order valence-corrected chi connectivity index (χ1v) is 9.66. The fourth-order valence-corrected chi connectivity index (χ4v) is 3.84. The Morgan fingerprint density at radius 2 is 1.92 bits per heavy atom. The SMILES string of the molecule is COc1cccc(NC(=O)N2CCCC(C(=O)NC3CCCCC3)C2)c1. The number of likely N-dealkylation sites (tertiary alicyclic amines) is 1. The van der Waals surface area contributed by atoms with Gasteiger partial charge in [0.05, 0.1) is 13.0 Å². The molecule has 1 heterocycles. The standard InChI is InChI=1S/C20H29N3O3/c1-26-18-11-5-10-17(13-18)22-20(25)23-12-6-7-15(14-23)19(24)21-16-8-3-2-4-9-16/h5,10-11,13,15-16H,2-4,6-9,12,14H2,1H3,(H,21,24)(H,22,25). The number of anilines is 1. The summed E-state index contributed by atoms with van der Waals surface area (Å²) in [6.07, 6.45) is 7.54. The summed E-state index contributed by atoms with van der Waals surface area (Å²) in [6.45, 7) is 1.16. The van der Waals surface area contributed by atoms with E-state index in [1.165, 1.54) is 19.3 Å². The normalized spacial score (nSPS) is 21.1. The van der Waals surface area contributed by atoms with Crippen LogP contribution in [0.1, 0.15) is 44.9 Å². The molecule has 0 radical (unpaired) electrons. The van der Waals surface area contributed by atoms with Crippen molar-refractivity contribution in [2.75, 3.05) is 25.5 Å². The molecule has 1 unspecified atom stereocenters. The number of benzene rings is 1. The molecule has 1 aromatic rings. The molecule has 2 N–H and O–H groups in total. The molecular weight excluding hydrogens is 330 g/mol. The van der Waals surface area contributed by atoms with E-state index in [0.717, 1.165) is 25.7 Å². The molecule has 3 amide bonds. The molecule has 1 aromatic carbocycles. The predicted octanol–water partition coefficient (Wildman–Crippen LogP) is 3.39. The summed E-state index contributed by atoms with van der Waals surface area (Å²) in [6, 6.07) is 7.45. The third-order valence-electron chi connectivity index (χ3n) is 5.35. The number of nitrogens with zero attached hydrogens (tertiary/aromatic N) is 1. The van der Waals surface area contributed by atoms with Crippen LogP contribution in [-0.4, -0.2) is 43.1 Å². The van der Waals surface area contributed by atoms with E-state index < -0.39 is 0 Å². The second kappa shape index (κ2) is 8.92. The molecule has 6 heteroatoms. The summed E-state index contributed by atoms with van der Waals surface area (Å²) in [5.74, 6) is 0.698. The van der Waals surface area contributed by atoms with Gasteiger partial charge in [-0.15, -0.1) is 0 Å². The summed E-state index contributed by atoms with van der Waals surface area (Å²) in [4.78, 5) is 26.9. The van der Waals surface area contributed by atoms with Crippen molar-refractivity contribution in [1.82, 2.24) is 10.2 Å². The number of carbonyl (C=O) groups excluding carboxylic acids is 2. The molecule has 26 heavy (non-hydrogen) atoms. The minimum atomic E-state index is -0.159. The molecule has 142 valence electrons. The highest BCUT2D eigenvalue weighted by Crippen LogP contribution is 2.22. The third-order valence-corrected chi connectivity index (χ3v) is 5.35. The van der Waals surface area contributed by atoms with Crippen molar-refractivity contribution in [1.29, 1.82) is 0 Å². The van der Waals surface area contributed by atoms with E-state index in [9.17, 15) is 9.59 Å². The van der Waals surface area contributed by atoms with Gasteiger partial charge in [-0.2, -0.15) is 0 Å². The molecule has 1 aliphatic carbocycles. The summed E-state index contributed by atoms with van der Waals surface area (Å²) >= 11 is 0. The van der Waals surface area contributed by atoms with E-state index in [1.807, 2.05) is 18.2 Å². The van der Waals surface area contributed by atoms with Crippen molar-refractivity contribution in [3.05, 3.63) is 24.3 Å². The van der Waals surface area contributed by atoms with Crippen LogP contribution in [0.15, 0.2) is 24.3 Å². The van der Waals surface area contributed by atoms with Gasteiger partial charge in [0.15, 0.2) is 0 Å². The average Bonchev–Trinajstić information content (AvgIpc) is 2.69. The lowest BCUT2D eigenvalue weighted by Crippen LogP contribution is -2.48. The number of ether oxygens (including phenoxy) is 1. The zero-order valence-electron chi connectivity index (χ0n) is 15.5. The van der Waals surface area contributed by atoms with Gasteiger partial charge in [-0.05, 0) is 37.8 Å². The maximum Gasteiger partial charge on any atom is 0.321 e. The van der Waals surface area contributed by atoms with Gasteiger partial charge >= 0.3 is 6.03 Å². The van der Waals surface area contributed by atoms with Crippen LogP contribution < -0.4 is 15.4 Å². The van der Waals surface area contributed by atoms with Crippen LogP contribution in [0.2, 0.25) is 0 Å². The lowest BCUT2D eigenvalue weighted by molar-refractivity contribution is -0.127. The van der Waals surface area contributed by atoms with E-state index in [4.69, 9.17) is 4.74 Å². The zero-order valence-corrected chi connectivity index (χ0v) is 15.5. The molecule has 0 bridgehead atoms. The van der Waals surface area contributed by atoms with Crippen LogP contribution in [0, 0.1) is 5.92 Å². The Balaban J connectivity index is 1.53. The highest BCUT2D eigenvalue weighted by molar-refractivity contribution is 5.90. The molecule has 1 aliphatic heterocycles. The van der Waals surface area contributed by atoms with Gasteiger partial charge in [0, 0.05) is 30.9 Å². The van der Waals surface area contributed by atoms with Gasteiger partial charge in [-0.1, -0.05) is 25.3 Å². The highest BCUT2D eigenvalue weighted by atomic mass is 16.5.